The Bertz CT molecular complexity index is 1180. The van der Waals surface area contributed by atoms with Gasteiger partial charge in [-0.05, 0) is 57.0 Å². The number of benzene rings is 1. The summed E-state index contributed by atoms with van der Waals surface area (Å²) in [6, 6.07) is 15.2. The number of carbonyl (C=O) groups excluding carboxylic acids is 1. The summed E-state index contributed by atoms with van der Waals surface area (Å²) >= 11 is 1.55. The van der Waals surface area contributed by atoms with Gasteiger partial charge in [0, 0.05) is 21.8 Å². The summed E-state index contributed by atoms with van der Waals surface area (Å²) in [7, 11) is 0. The molecule has 0 saturated heterocycles. The quantitative estimate of drug-likeness (QED) is 0.401. The second-order valence-electron chi connectivity index (χ2n) is 7.42. The molecule has 1 unspecified atom stereocenters. The number of furan rings is 1. The molecule has 6 nitrogen and oxygen atoms in total. The van der Waals surface area contributed by atoms with E-state index in [0.717, 1.165) is 38.0 Å². The summed E-state index contributed by atoms with van der Waals surface area (Å²) in [4.78, 5) is 23.0. The number of aryl methyl sites for hydroxylation is 3. The smallest absolute Gasteiger partial charge is 0.291 e. The third-order valence-electron chi connectivity index (χ3n) is 5.08. The van der Waals surface area contributed by atoms with E-state index in [9.17, 15) is 4.79 Å². The van der Waals surface area contributed by atoms with Crippen molar-refractivity contribution in [2.75, 3.05) is 10.6 Å². The molecule has 0 fully saturated rings. The molecule has 1 aromatic carbocycles. The molecule has 2 N–H and O–H groups in total. The van der Waals surface area contributed by atoms with Crippen molar-refractivity contribution < 1.29 is 9.21 Å². The lowest BCUT2D eigenvalue weighted by Crippen LogP contribution is -2.18. The lowest BCUT2D eigenvalue weighted by Gasteiger charge is -2.22. The van der Waals surface area contributed by atoms with Gasteiger partial charge in [-0.2, -0.15) is 0 Å². The number of carbonyl (C=O) groups is 1. The highest BCUT2D eigenvalue weighted by molar-refractivity contribution is 7.16. The zero-order valence-corrected chi connectivity index (χ0v) is 18.7. The highest BCUT2D eigenvalue weighted by Gasteiger charge is 2.26. The number of thiophene rings is 1. The topological polar surface area (TPSA) is 80.0 Å². The van der Waals surface area contributed by atoms with Gasteiger partial charge in [-0.3, -0.25) is 4.79 Å². The molecule has 4 rings (SSSR count). The molecule has 0 radical (unpaired) electrons. The molecule has 0 bridgehead atoms. The standard InChI is InChI=1S/C24H24N4O2S/c1-14-13-15(2)26-24(25-14)27-21(18-9-6-5-7-10-18)20-16(3)17(4)31-23(20)28-22(29)19-11-8-12-30-19/h5-13,21H,1-4H3,(H,28,29)(H,25,26,27). The monoisotopic (exact) mass is 432 g/mol. The van der Waals surface area contributed by atoms with Crippen LogP contribution in [0.25, 0.3) is 0 Å². The normalized spacial score (nSPS) is 11.9. The fraction of sp³-hybridized carbons (Fsp3) is 0.208. The Morgan fingerprint density at radius 1 is 1.00 bits per heavy atom. The molecule has 31 heavy (non-hydrogen) atoms. The van der Waals surface area contributed by atoms with E-state index in [1.807, 2.05) is 38.1 Å². The molecule has 0 aliphatic heterocycles. The van der Waals surface area contributed by atoms with E-state index < -0.39 is 0 Å². The molecular weight excluding hydrogens is 408 g/mol. The maximum atomic E-state index is 12.7. The summed E-state index contributed by atoms with van der Waals surface area (Å²) in [5.41, 5.74) is 4.96. The van der Waals surface area contributed by atoms with Gasteiger partial charge in [0.1, 0.15) is 5.00 Å². The van der Waals surface area contributed by atoms with E-state index in [-0.39, 0.29) is 17.7 Å². The predicted octanol–water partition coefficient (Wildman–Crippen LogP) is 5.82. The van der Waals surface area contributed by atoms with Gasteiger partial charge in [0.2, 0.25) is 5.95 Å². The van der Waals surface area contributed by atoms with Crippen LogP contribution in [0.3, 0.4) is 0 Å². The number of hydrogen-bond acceptors (Lipinski definition) is 6. The lowest BCUT2D eigenvalue weighted by molar-refractivity contribution is 0.0997. The molecule has 0 aliphatic carbocycles. The first-order valence-corrected chi connectivity index (χ1v) is 10.8. The highest BCUT2D eigenvalue weighted by atomic mass is 32.1. The number of nitrogens with zero attached hydrogens (tertiary/aromatic N) is 2. The van der Waals surface area contributed by atoms with Gasteiger partial charge in [0.25, 0.3) is 5.91 Å². The van der Waals surface area contributed by atoms with Crippen LogP contribution in [0, 0.1) is 27.7 Å². The van der Waals surface area contributed by atoms with Gasteiger partial charge < -0.3 is 15.1 Å². The van der Waals surface area contributed by atoms with Crippen LogP contribution < -0.4 is 10.6 Å². The van der Waals surface area contributed by atoms with Crippen molar-refractivity contribution in [3.05, 3.63) is 93.5 Å². The summed E-state index contributed by atoms with van der Waals surface area (Å²) in [6.45, 7) is 8.03. The Balaban J connectivity index is 1.78. The van der Waals surface area contributed by atoms with Gasteiger partial charge in [-0.25, -0.2) is 9.97 Å². The summed E-state index contributed by atoms with van der Waals surface area (Å²) in [5.74, 6) is 0.552. The minimum Gasteiger partial charge on any atom is -0.459 e. The SMILES string of the molecule is Cc1cc(C)nc(NC(c2ccccc2)c2c(NC(=O)c3ccco3)sc(C)c2C)n1. The van der Waals surface area contributed by atoms with Crippen molar-refractivity contribution in [3.63, 3.8) is 0 Å². The van der Waals surface area contributed by atoms with Crippen molar-refractivity contribution in [1.82, 2.24) is 9.97 Å². The number of anilines is 2. The zero-order valence-electron chi connectivity index (χ0n) is 17.9. The van der Waals surface area contributed by atoms with E-state index in [4.69, 9.17) is 4.42 Å². The van der Waals surface area contributed by atoms with E-state index in [0.29, 0.717) is 5.95 Å². The molecule has 3 aromatic heterocycles. The predicted molar refractivity (Wildman–Crippen MR) is 124 cm³/mol. The molecule has 0 spiro atoms. The third kappa shape index (κ3) is 4.51. The van der Waals surface area contributed by atoms with Gasteiger partial charge in [-0.15, -0.1) is 11.3 Å². The average molecular weight is 433 g/mol. The number of nitrogens with one attached hydrogen (secondary N) is 2. The van der Waals surface area contributed by atoms with Crippen LogP contribution in [0.5, 0.6) is 0 Å². The van der Waals surface area contributed by atoms with Crippen molar-refractivity contribution in [2.24, 2.45) is 0 Å². The number of aromatic nitrogens is 2. The van der Waals surface area contributed by atoms with E-state index in [1.165, 1.54) is 6.26 Å². The molecule has 4 aromatic rings. The average Bonchev–Trinajstić information content (AvgIpc) is 3.36. The highest BCUT2D eigenvalue weighted by Crippen LogP contribution is 2.40. The van der Waals surface area contributed by atoms with Crippen LogP contribution in [-0.4, -0.2) is 15.9 Å². The van der Waals surface area contributed by atoms with Crippen LogP contribution in [0.1, 0.15) is 49.6 Å². The van der Waals surface area contributed by atoms with Crippen molar-refractivity contribution in [3.8, 4) is 0 Å². The summed E-state index contributed by atoms with van der Waals surface area (Å²) in [5, 5.41) is 7.32. The summed E-state index contributed by atoms with van der Waals surface area (Å²) in [6.07, 6.45) is 1.49. The van der Waals surface area contributed by atoms with Gasteiger partial charge in [-0.1, -0.05) is 30.3 Å². The van der Waals surface area contributed by atoms with E-state index >= 15 is 0 Å². The van der Waals surface area contributed by atoms with Crippen molar-refractivity contribution in [2.45, 2.75) is 33.7 Å². The van der Waals surface area contributed by atoms with Crippen molar-refractivity contribution >= 4 is 28.2 Å². The molecule has 3 heterocycles. The van der Waals surface area contributed by atoms with E-state index in [2.05, 4.69) is 46.6 Å². The number of rotatable bonds is 6. The molecule has 1 atom stereocenters. The second kappa shape index (κ2) is 8.73. The van der Waals surface area contributed by atoms with Crippen LogP contribution in [0.15, 0.2) is 59.2 Å². The maximum Gasteiger partial charge on any atom is 0.291 e. The largest absolute Gasteiger partial charge is 0.459 e. The lowest BCUT2D eigenvalue weighted by atomic mass is 9.96. The number of hydrogen-bond donors (Lipinski definition) is 2. The minimum atomic E-state index is -0.276. The Hall–Kier alpha value is -3.45. The first kappa shape index (κ1) is 20.8. The van der Waals surface area contributed by atoms with Crippen LogP contribution in [-0.2, 0) is 0 Å². The van der Waals surface area contributed by atoms with Gasteiger partial charge >= 0.3 is 0 Å². The molecule has 0 aliphatic rings. The molecule has 7 heteroatoms. The maximum absolute atomic E-state index is 12.7. The first-order valence-electron chi connectivity index (χ1n) is 10.0. The Morgan fingerprint density at radius 2 is 1.71 bits per heavy atom. The first-order chi connectivity index (χ1) is 14.9. The molecular formula is C24H24N4O2S. The van der Waals surface area contributed by atoms with E-state index in [1.54, 1.807) is 23.5 Å². The Kier molecular flexibility index (Phi) is 5.86. The summed E-state index contributed by atoms with van der Waals surface area (Å²) < 4.78 is 5.27. The zero-order chi connectivity index (χ0) is 22.0. The van der Waals surface area contributed by atoms with Crippen molar-refractivity contribution in [1.29, 1.82) is 0 Å². The van der Waals surface area contributed by atoms with Crippen LogP contribution in [0.4, 0.5) is 10.9 Å². The van der Waals surface area contributed by atoms with Crippen LogP contribution >= 0.6 is 11.3 Å². The van der Waals surface area contributed by atoms with Gasteiger partial charge in [0.05, 0.1) is 12.3 Å². The molecule has 1 amide bonds. The third-order valence-corrected chi connectivity index (χ3v) is 6.22. The Morgan fingerprint density at radius 3 is 2.35 bits per heavy atom. The van der Waals surface area contributed by atoms with Crippen LogP contribution in [0.2, 0.25) is 0 Å². The van der Waals surface area contributed by atoms with Gasteiger partial charge in [0.15, 0.2) is 5.76 Å². The second-order valence-corrected chi connectivity index (χ2v) is 8.64. The number of amides is 1. The Labute approximate surface area is 185 Å². The molecule has 0 saturated carbocycles. The fourth-order valence-electron chi connectivity index (χ4n) is 3.54. The molecule has 158 valence electrons. The fourth-order valence-corrected chi connectivity index (χ4v) is 4.64. The minimum absolute atomic E-state index is 0.237.